The van der Waals surface area contributed by atoms with E-state index in [4.69, 9.17) is 37.8 Å². The highest BCUT2D eigenvalue weighted by Crippen LogP contribution is 2.26. The largest absolute Gasteiger partial charge is 0.490 e. The van der Waals surface area contributed by atoms with Crippen LogP contribution < -0.4 is 20.7 Å². The zero-order chi connectivity index (χ0) is 26.9. The zero-order valence-corrected chi connectivity index (χ0v) is 21.0. The van der Waals surface area contributed by atoms with Crippen LogP contribution in [0.25, 0.3) is 0 Å². The van der Waals surface area contributed by atoms with E-state index < -0.39 is 12.1 Å². The van der Waals surface area contributed by atoms with Crippen LogP contribution in [0.3, 0.4) is 0 Å². The number of amides is 1. The molecule has 1 aliphatic rings. The molecule has 2 aromatic rings. The van der Waals surface area contributed by atoms with E-state index in [2.05, 4.69) is 25.9 Å². The summed E-state index contributed by atoms with van der Waals surface area (Å²) in [5.41, 5.74) is 1.01. The van der Waals surface area contributed by atoms with Crippen LogP contribution in [0.15, 0.2) is 24.4 Å². The molecule has 0 unspecified atom stereocenters. The van der Waals surface area contributed by atoms with Crippen molar-refractivity contribution >= 4 is 46.8 Å². The highest BCUT2D eigenvalue weighted by molar-refractivity contribution is 6.42. The van der Waals surface area contributed by atoms with Crippen molar-refractivity contribution in [2.75, 3.05) is 24.3 Å². The van der Waals surface area contributed by atoms with Gasteiger partial charge in [0.15, 0.2) is 6.61 Å². The van der Waals surface area contributed by atoms with Gasteiger partial charge in [-0.05, 0) is 44.7 Å². The molecule has 1 aromatic carbocycles. The molecule has 0 atom stereocenters. The number of aliphatic carboxylic acids is 1. The van der Waals surface area contributed by atoms with Gasteiger partial charge in [0.2, 0.25) is 5.95 Å². The van der Waals surface area contributed by atoms with Crippen molar-refractivity contribution < 1.29 is 32.6 Å². The van der Waals surface area contributed by atoms with Crippen molar-refractivity contribution in [3.05, 3.63) is 40.0 Å². The molecule has 1 saturated carbocycles. The van der Waals surface area contributed by atoms with Gasteiger partial charge in [0.1, 0.15) is 11.6 Å². The number of hydrogen-bond acceptors (Lipinski definition) is 7. The second-order valence-electron chi connectivity index (χ2n) is 7.90. The summed E-state index contributed by atoms with van der Waals surface area (Å²) in [7, 11) is 1.85. The first-order valence-corrected chi connectivity index (χ1v) is 11.6. The number of aromatic nitrogens is 2. The van der Waals surface area contributed by atoms with E-state index in [-0.39, 0.29) is 18.6 Å². The predicted molar refractivity (Wildman–Crippen MR) is 130 cm³/mol. The number of carbonyl (C=O) groups excluding carboxylic acids is 1. The van der Waals surface area contributed by atoms with Crippen molar-refractivity contribution in [1.29, 1.82) is 0 Å². The fourth-order valence-electron chi connectivity index (χ4n) is 3.31. The van der Waals surface area contributed by atoms with Crippen LogP contribution in [-0.4, -0.2) is 58.9 Å². The van der Waals surface area contributed by atoms with Crippen molar-refractivity contribution in [2.24, 2.45) is 0 Å². The van der Waals surface area contributed by atoms with Crippen LogP contribution in [0.2, 0.25) is 10.0 Å². The van der Waals surface area contributed by atoms with Crippen LogP contribution in [0.1, 0.15) is 31.2 Å². The molecule has 0 radical (unpaired) electrons. The first-order chi connectivity index (χ1) is 16.9. The number of nitrogens with zero attached hydrogens (tertiary/aromatic N) is 2. The van der Waals surface area contributed by atoms with Gasteiger partial charge in [-0.15, -0.1) is 0 Å². The molecule has 1 aromatic heterocycles. The molecule has 9 nitrogen and oxygen atoms in total. The first kappa shape index (κ1) is 29.2. The zero-order valence-electron chi connectivity index (χ0n) is 19.5. The normalized spacial score (nSPS) is 17.3. The summed E-state index contributed by atoms with van der Waals surface area (Å²) >= 11 is 11.8. The van der Waals surface area contributed by atoms with Gasteiger partial charge in [-0.25, -0.2) is 9.78 Å². The molecule has 1 fully saturated rings. The highest BCUT2D eigenvalue weighted by Gasteiger charge is 2.38. The van der Waals surface area contributed by atoms with E-state index >= 15 is 0 Å². The Morgan fingerprint density at radius 1 is 1.14 bits per heavy atom. The summed E-state index contributed by atoms with van der Waals surface area (Å²) in [6.07, 6.45) is 0.373. The number of alkyl halides is 3. The predicted octanol–water partition coefficient (Wildman–Crippen LogP) is 4.69. The average Bonchev–Trinajstić information content (AvgIpc) is 2.82. The second kappa shape index (κ2) is 13.4. The van der Waals surface area contributed by atoms with Crippen LogP contribution in [0, 0.1) is 6.92 Å². The Bertz CT molecular complexity index is 1050. The van der Waals surface area contributed by atoms with Gasteiger partial charge in [-0.3, -0.25) is 4.79 Å². The van der Waals surface area contributed by atoms with Gasteiger partial charge < -0.3 is 25.8 Å². The summed E-state index contributed by atoms with van der Waals surface area (Å²) in [5.74, 6) is -0.935. The van der Waals surface area contributed by atoms with Crippen LogP contribution in [-0.2, 0) is 9.59 Å². The number of ether oxygens (including phenoxy) is 1. The maximum Gasteiger partial charge on any atom is 0.490 e. The van der Waals surface area contributed by atoms with Crippen LogP contribution in [0.4, 0.5) is 24.9 Å². The summed E-state index contributed by atoms with van der Waals surface area (Å²) in [6.45, 7) is 1.91. The van der Waals surface area contributed by atoms with Crippen molar-refractivity contribution in [3.8, 4) is 5.75 Å². The molecule has 36 heavy (non-hydrogen) atoms. The Morgan fingerprint density at radius 3 is 2.31 bits per heavy atom. The standard InChI is InChI=1S/C20H25Cl2N5O2.C2HF3O2/c1-12-10-24-20(27-19(12)23-2)26-14-5-3-13(4-6-14)25-18(28)11-29-15-7-8-16(21)17(22)9-15;3-2(4,5)1(6)7/h7-10,13-14H,3-6,11H2,1-2H3,(H,25,28)(H2,23,24,26,27);(H,6,7)/t13-,14+;. The molecule has 1 heterocycles. The van der Waals surface area contributed by atoms with Crippen molar-refractivity contribution in [1.82, 2.24) is 15.3 Å². The Hall–Kier alpha value is -2.99. The lowest BCUT2D eigenvalue weighted by Crippen LogP contribution is -2.42. The number of aryl methyl sites for hydroxylation is 1. The van der Waals surface area contributed by atoms with Crippen molar-refractivity contribution in [2.45, 2.75) is 50.9 Å². The van der Waals surface area contributed by atoms with E-state index in [0.717, 1.165) is 37.1 Å². The first-order valence-electron chi connectivity index (χ1n) is 10.8. The van der Waals surface area contributed by atoms with Gasteiger partial charge in [0.25, 0.3) is 5.91 Å². The van der Waals surface area contributed by atoms with Crippen molar-refractivity contribution in [3.63, 3.8) is 0 Å². The topological polar surface area (TPSA) is 125 Å². The number of halogens is 5. The van der Waals surface area contributed by atoms with E-state index in [1.165, 1.54) is 0 Å². The lowest BCUT2D eigenvalue weighted by Gasteiger charge is -2.29. The third kappa shape index (κ3) is 9.57. The van der Waals surface area contributed by atoms with E-state index in [1.54, 1.807) is 24.4 Å². The number of carboxylic acids is 1. The minimum Gasteiger partial charge on any atom is -0.484 e. The summed E-state index contributed by atoms with van der Waals surface area (Å²) in [4.78, 5) is 29.9. The molecular weight excluding hydrogens is 526 g/mol. The summed E-state index contributed by atoms with van der Waals surface area (Å²) < 4.78 is 37.2. The smallest absolute Gasteiger partial charge is 0.484 e. The second-order valence-corrected chi connectivity index (χ2v) is 8.72. The quantitative estimate of drug-likeness (QED) is 0.390. The van der Waals surface area contributed by atoms with Crippen LogP contribution in [0.5, 0.6) is 5.75 Å². The third-order valence-corrected chi connectivity index (χ3v) is 5.88. The lowest BCUT2D eigenvalue weighted by molar-refractivity contribution is -0.192. The molecule has 4 N–H and O–H groups in total. The number of hydrogen-bond donors (Lipinski definition) is 4. The number of rotatable bonds is 7. The SMILES string of the molecule is CNc1nc(N[C@H]2CC[C@@H](NC(=O)COc3ccc(Cl)c(Cl)c3)CC2)ncc1C.O=C(O)C(F)(F)F. The molecular formula is C22H26Cl2F3N5O4. The van der Waals surface area contributed by atoms with Gasteiger partial charge >= 0.3 is 12.1 Å². The monoisotopic (exact) mass is 551 g/mol. The van der Waals surface area contributed by atoms with Gasteiger partial charge in [-0.1, -0.05) is 23.2 Å². The number of carbonyl (C=O) groups is 2. The average molecular weight is 552 g/mol. The fraction of sp³-hybridized carbons (Fsp3) is 0.455. The summed E-state index contributed by atoms with van der Waals surface area (Å²) in [5, 5.41) is 17.5. The molecule has 198 valence electrons. The molecule has 14 heteroatoms. The number of carboxylic acid groups (broad SMARTS) is 1. The van der Waals surface area contributed by atoms with Gasteiger partial charge in [0, 0.05) is 37.0 Å². The Morgan fingerprint density at radius 2 is 1.75 bits per heavy atom. The van der Waals surface area contributed by atoms with Gasteiger partial charge in [-0.2, -0.15) is 18.2 Å². The van der Waals surface area contributed by atoms with E-state index in [1.807, 2.05) is 14.0 Å². The molecule has 1 amide bonds. The maximum atomic E-state index is 12.2. The molecule has 0 spiro atoms. The van der Waals surface area contributed by atoms with E-state index in [9.17, 15) is 18.0 Å². The maximum absolute atomic E-state index is 12.2. The molecule has 0 aliphatic heterocycles. The van der Waals surface area contributed by atoms with Crippen LogP contribution >= 0.6 is 23.2 Å². The minimum atomic E-state index is -5.08. The lowest BCUT2D eigenvalue weighted by atomic mass is 9.91. The minimum absolute atomic E-state index is 0.0554. The Balaban J connectivity index is 0.000000572. The summed E-state index contributed by atoms with van der Waals surface area (Å²) in [6, 6.07) is 5.36. The fourth-order valence-corrected chi connectivity index (χ4v) is 3.60. The Labute approximate surface area is 215 Å². The van der Waals surface area contributed by atoms with Gasteiger partial charge in [0.05, 0.1) is 10.0 Å². The Kier molecular flexibility index (Phi) is 10.8. The number of benzene rings is 1. The number of anilines is 2. The van der Waals surface area contributed by atoms with E-state index in [0.29, 0.717) is 27.8 Å². The molecule has 0 bridgehead atoms. The molecule has 0 saturated heterocycles. The number of nitrogens with one attached hydrogen (secondary N) is 3. The molecule has 1 aliphatic carbocycles. The highest BCUT2D eigenvalue weighted by atomic mass is 35.5. The third-order valence-electron chi connectivity index (χ3n) is 5.14. The molecule has 3 rings (SSSR count).